The molecule has 0 amide bonds. The smallest absolute Gasteiger partial charge is 0.319 e. The molecular weight excluding hydrogens is 270 g/mol. The largest absolute Gasteiger partial charge is 0.465 e. The molecule has 2 aromatic rings. The van der Waals surface area contributed by atoms with Gasteiger partial charge in [-0.1, -0.05) is 31.4 Å². The molecular formula is C16H19NO2S. The topological polar surface area (TPSA) is 39.2 Å². The standard InChI is InChI=1S/C16H19NO2S/c1-2-19-15(18)16(10-6-3-7-11-16)14-17-12-8-4-5-9-13(12)20-14/h4-5,8-9H,2-3,6-7,10-11H2,1H3. The van der Waals surface area contributed by atoms with E-state index in [0.717, 1.165) is 40.9 Å². The summed E-state index contributed by atoms with van der Waals surface area (Å²) in [7, 11) is 0. The van der Waals surface area contributed by atoms with E-state index in [4.69, 9.17) is 9.72 Å². The van der Waals surface area contributed by atoms with Gasteiger partial charge >= 0.3 is 5.97 Å². The van der Waals surface area contributed by atoms with Crippen LogP contribution >= 0.6 is 11.3 Å². The predicted molar refractivity (Wildman–Crippen MR) is 81.0 cm³/mol. The minimum atomic E-state index is -0.502. The van der Waals surface area contributed by atoms with Crippen molar-refractivity contribution in [3.63, 3.8) is 0 Å². The van der Waals surface area contributed by atoms with Gasteiger partial charge in [-0.05, 0) is 31.9 Å². The van der Waals surface area contributed by atoms with Crippen LogP contribution in [-0.2, 0) is 14.9 Å². The lowest BCUT2D eigenvalue weighted by molar-refractivity contribution is -0.151. The Morgan fingerprint density at radius 1 is 1.30 bits per heavy atom. The molecule has 106 valence electrons. The number of rotatable bonds is 3. The lowest BCUT2D eigenvalue weighted by atomic mass is 9.74. The first-order chi connectivity index (χ1) is 9.76. The molecule has 4 heteroatoms. The first kappa shape index (κ1) is 13.6. The quantitative estimate of drug-likeness (QED) is 0.800. The molecule has 0 aliphatic heterocycles. The highest BCUT2D eigenvalue weighted by atomic mass is 32.1. The van der Waals surface area contributed by atoms with Crippen molar-refractivity contribution in [1.82, 2.24) is 4.98 Å². The number of hydrogen-bond donors (Lipinski definition) is 0. The van der Waals surface area contributed by atoms with E-state index >= 15 is 0 Å². The number of carbonyl (C=O) groups is 1. The summed E-state index contributed by atoms with van der Waals surface area (Å²) in [6.07, 6.45) is 5.09. The summed E-state index contributed by atoms with van der Waals surface area (Å²) < 4.78 is 6.51. The summed E-state index contributed by atoms with van der Waals surface area (Å²) in [6, 6.07) is 8.08. The molecule has 0 bridgehead atoms. The van der Waals surface area contributed by atoms with Crippen LogP contribution in [0.5, 0.6) is 0 Å². The lowest BCUT2D eigenvalue weighted by Gasteiger charge is -2.32. The summed E-state index contributed by atoms with van der Waals surface area (Å²) in [4.78, 5) is 17.3. The zero-order valence-electron chi connectivity index (χ0n) is 11.7. The van der Waals surface area contributed by atoms with Crippen LogP contribution in [0.15, 0.2) is 24.3 Å². The van der Waals surface area contributed by atoms with E-state index in [-0.39, 0.29) is 5.97 Å². The molecule has 1 fully saturated rings. The number of benzene rings is 1. The molecule has 0 N–H and O–H groups in total. The SMILES string of the molecule is CCOC(=O)C1(c2nc3ccccc3s2)CCCCC1. The molecule has 0 radical (unpaired) electrons. The van der Waals surface area contributed by atoms with Crippen LogP contribution in [0.1, 0.15) is 44.0 Å². The number of hydrogen-bond acceptors (Lipinski definition) is 4. The number of esters is 1. The van der Waals surface area contributed by atoms with Gasteiger partial charge in [0.2, 0.25) is 0 Å². The third-order valence-electron chi connectivity index (χ3n) is 4.08. The molecule has 1 aromatic carbocycles. The number of para-hydroxylation sites is 1. The van der Waals surface area contributed by atoms with Crippen molar-refractivity contribution in [3.8, 4) is 0 Å². The third-order valence-corrected chi connectivity index (χ3v) is 5.32. The van der Waals surface area contributed by atoms with Gasteiger partial charge in [-0.25, -0.2) is 4.98 Å². The second kappa shape index (κ2) is 5.52. The minimum Gasteiger partial charge on any atom is -0.465 e. The summed E-state index contributed by atoms with van der Waals surface area (Å²) in [5.41, 5.74) is 0.486. The van der Waals surface area contributed by atoms with Crippen LogP contribution in [0.2, 0.25) is 0 Å². The third kappa shape index (κ3) is 2.22. The van der Waals surface area contributed by atoms with Gasteiger partial charge in [0.05, 0.1) is 16.8 Å². The van der Waals surface area contributed by atoms with Crippen molar-refractivity contribution in [2.24, 2.45) is 0 Å². The first-order valence-corrected chi connectivity index (χ1v) is 8.11. The Morgan fingerprint density at radius 3 is 2.75 bits per heavy atom. The lowest BCUT2D eigenvalue weighted by Crippen LogP contribution is -2.39. The number of nitrogens with zero attached hydrogens (tertiary/aromatic N) is 1. The van der Waals surface area contributed by atoms with Gasteiger partial charge in [-0.3, -0.25) is 4.79 Å². The molecule has 0 saturated heterocycles. The number of fused-ring (bicyclic) bond motifs is 1. The Bertz CT molecular complexity index is 581. The predicted octanol–water partition coefficient (Wildman–Crippen LogP) is 4.06. The zero-order chi connectivity index (χ0) is 14.0. The average Bonchev–Trinajstić information content (AvgIpc) is 2.92. The van der Waals surface area contributed by atoms with E-state index in [1.165, 1.54) is 6.42 Å². The van der Waals surface area contributed by atoms with Gasteiger partial charge in [0, 0.05) is 0 Å². The molecule has 1 saturated carbocycles. The molecule has 3 nitrogen and oxygen atoms in total. The van der Waals surface area contributed by atoms with E-state index in [1.54, 1.807) is 11.3 Å². The number of aromatic nitrogens is 1. The van der Waals surface area contributed by atoms with Gasteiger partial charge < -0.3 is 4.74 Å². The van der Waals surface area contributed by atoms with Crippen LogP contribution in [0, 0.1) is 0 Å². The second-order valence-electron chi connectivity index (χ2n) is 5.35. The molecule has 1 aromatic heterocycles. The molecule has 1 aliphatic rings. The van der Waals surface area contributed by atoms with Crippen molar-refractivity contribution in [2.75, 3.05) is 6.61 Å². The number of carbonyl (C=O) groups excluding carboxylic acids is 1. The van der Waals surface area contributed by atoms with Crippen LogP contribution in [0.3, 0.4) is 0 Å². The van der Waals surface area contributed by atoms with Gasteiger partial charge in [0.1, 0.15) is 10.4 Å². The monoisotopic (exact) mass is 289 g/mol. The van der Waals surface area contributed by atoms with Crippen molar-refractivity contribution in [1.29, 1.82) is 0 Å². The summed E-state index contributed by atoms with van der Waals surface area (Å²) >= 11 is 1.64. The zero-order valence-corrected chi connectivity index (χ0v) is 12.5. The molecule has 0 unspecified atom stereocenters. The van der Waals surface area contributed by atoms with Crippen LogP contribution in [0.25, 0.3) is 10.2 Å². The molecule has 3 rings (SSSR count). The summed E-state index contributed by atoms with van der Waals surface area (Å²) in [6.45, 7) is 2.30. The van der Waals surface area contributed by atoms with Gasteiger partial charge in [0.15, 0.2) is 0 Å². The van der Waals surface area contributed by atoms with Gasteiger partial charge in [-0.15, -0.1) is 11.3 Å². The fraction of sp³-hybridized carbons (Fsp3) is 0.500. The van der Waals surface area contributed by atoms with Crippen LogP contribution in [0.4, 0.5) is 0 Å². The second-order valence-corrected chi connectivity index (χ2v) is 6.38. The fourth-order valence-electron chi connectivity index (χ4n) is 3.01. The van der Waals surface area contributed by atoms with Gasteiger partial charge in [-0.2, -0.15) is 0 Å². The maximum Gasteiger partial charge on any atom is 0.319 e. The molecule has 20 heavy (non-hydrogen) atoms. The van der Waals surface area contributed by atoms with Crippen LogP contribution < -0.4 is 0 Å². The Hall–Kier alpha value is -1.42. The molecule has 0 spiro atoms. The summed E-state index contributed by atoms with van der Waals surface area (Å²) in [5.74, 6) is -0.0845. The highest BCUT2D eigenvalue weighted by molar-refractivity contribution is 7.18. The molecule has 1 heterocycles. The van der Waals surface area contributed by atoms with Crippen molar-refractivity contribution in [3.05, 3.63) is 29.3 Å². The Labute approximate surface area is 123 Å². The van der Waals surface area contributed by atoms with E-state index in [0.29, 0.717) is 6.61 Å². The Kier molecular flexibility index (Phi) is 3.74. The summed E-state index contributed by atoms with van der Waals surface area (Å²) in [5, 5.41) is 0.942. The van der Waals surface area contributed by atoms with E-state index in [9.17, 15) is 4.79 Å². The van der Waals surface area contributed by atoms with E-state index < -0.39 is 5.41 Å². The number of ether oxygens (including phenoxy) is 1. The Balaban J connectivity index is 2.06. The van der Waals surface area contributed by atoms with E-state index in [2.05, 4.69) is 6.07 Å². The first-order valence-electron chi connectivity index (χ1n) is 7.29. The fourth-order valence-corrected chi connectivity index (χ4v) is 4.21. The highest BCUT2D eigenvalue weighted by Crippen LogP contribution is 2.43. The van der Waals surface area contributed by atoms with Crippen LogP contribution in [-0.4, -0.2) is 17.6 Å². The van der Waals surface area contributed by atoms with Crippen molar-refractivity contribution >= 4 is 27.5 Å². The molecule has 0 atom stereocenters. The van der Waals surface area contributed by atoms with Gasteiger partial charge in [0.25, 0.3) is 0 Å². The Morgan fingerprint density at radius 2 is 2.05 bits per heavy atom. The number of thiazole rings is 1. The van der Waals surface area contributed by atoms with Crippen molar-refractivity contribution in [2.45, 2.75) is 44.4 Å². The maximum absolute atomic E-state index is 12.5. The maximum atomic E-state index is 12.5. The van der Waals surface area contributed by atoms with Crippen molar-refractivity contribution < 1.29 is 9.53 Å². The average molecular weight is 289 g/mol. The normalized spacial score (nSPS) is 18.1. The molecule has 1 aliphatic carbocycles. The van der Waals surface area contributed by atoms with E-state index in [1.807, 2.05) is 25.1 Å². The minimum absolute atomic E-state index is 0.0845. The highest BCUT2D eigenvalue weighted by Gasteiger charge is 2.45.